The Bertz CT molecular complexity index is 2500. The topological polar surface area (TPSA) is 149 Å². The molecule has 5 N–H and O–H groups in total. The molecule has 8 rings (SSSR count). The van der Waals surface area contributed by atoms with Crippen LogP contribution in [0.25, 0.3) is 32.4 Å². The Morgan fingerprint density at radius 3 is 2.51 bits per heavy atom. The number of fused-ring (bicyclic) bond motifs is 5. The van der Waals surface area contributed by atoms with Crippen molar-refractivity contribution in [3.05, 3.63) is 82.3 Å². The first kappa shape index (κ1) is 36.7. The number of rotatable bonds is 10. The minimum atomic E-state index is -5.04. The third-order valence-corrected chi connectivity index (χ3v) is 10.7. The summed E-state index contributed by atoms with van der Waals surface area (Å²) in [6.45, 7) is 2.33. The van der Waals surface area contributed by atoms with Gasteiger partial charge in [0.1, 0.15) is 23.9 Å². The van der Waals surface area contributed by atoms with Gasteiger partial charge in [-0.15, -0.1) is 0 Å². The van der Waals surface area contributed by atoms with Gasteiger partial charge in [-0.1, -0.05) is 23.5 Å². The molecule has 19 heteroatoms. The lowest BCUT2D eigenvalue weighted by atomic mass is 9.94. The third kappa shape index (κ3) is 6.62. The van der Waals surface area contributed by atoms with Gasteiger partial charge in [-0.25, -0.2) is 18.7 Å². The SMILES string of the molecule is Cn1nc(N)c2cccc(-c3cc4sc(NCC(C)(C)O)nc4nc3[C@H](Cc3cc(F)cc(F)c3)NC(=O)Cn3nc(C(F)(F)F)c4c3C(F)(F)[C@@H]3C[C@H]43)c21. The Kier molecular flexibility index (Phi) is 8.41. The Hall–Kier alpha value is -5.30. The minimum absolute atomic E-state index is 0.0791. The number of aromatic nitrogens is 6. The van der Waals surface area contributed by atoms with E-state index >= 15 is 8.78 Å². The van der Waals surface area contributed by atoms with Crippen molar-refractivity contribution in [1.29, 1.82) is 0 Å². The second-order valence-corrected chi connectivity index (χ2v) is 15.6. The normalized spacial score (nSPS) is 18.1. The molecule has 1 amide bonds. The summed E-state index contributed by atoms with van der Waals surface area (Å²) < 4.78 is 104. The van der Waals surface area contributed by atoms with Crippen molar-refractivity contribution in [1.82, 2.24) is 34.8 Å². The molecule has 0 aliphatic heterocycles. The molecular weight excluding hydrogens is 756 g/mol. The zero-order chi connectivity index (χ0) is 39.4. The number of pyridine rings is 1. The number of amides is 1. The number of benzene rings is 2. The monoisotopic (exact) mass is 787 g/mol. The Balaban J connectivity index is 1.26. The minimum Gasteiger partial charge on any atom is -0.389 e. The van der Waals surface area contributed by atoms with Crippen molar-refractivity contribution < 1.29 is 40.6 Å². The second-order valence-electron chi connectivity index (χ2n) is 14.6. The molecule has 0 bridgehead atoms. The van der Waals surface area contributed by atoms with E-state index in [2.05, 4.69) is 25.8 Å². The van der Waals surface area contributed by atoms with Crippen LogP contribution in [-0.2, 0) is 36.9 Å². The molecule has 4 aromatic heterocycles. The number of nitrogen functional groups attached to an aromatic ring is 1. The summed E-state index contributed by atoms with van der Waals surface area (Å²) >= 11 is 1.22. The highest BCUT2D eigenvalue weighted by molar-refractivity contribution is 7.22. The zero-order valence-corrected chi connectivity index (χ0v) is 30.1. The molecule has 11 nitrogen and oxygen atoms in total. The molecule has 6 aromatic rings. The first-order valence-electron chi connectivity index (χ1n) is 17.1. The summed E-state index contributed by atoms with van der Waals surface area (Å²) in [5.41, 5.74) is 4.03. The fourth-order valence-corrected chi connectivity index (χ4v) is 8.30. The van der Waals surface area contributed by atoms with Gasteiger partial charge in [0.15, 0.2) is 22.3 Å². The number of carbonyl (C=O) groups is 1. The lowest BCUT2D eigenvalue weighted by Gasteiger charge is -2.23. The van der Waals surface area contributed by atoms with Crippen molar-refractivity contribution in [2.45, 2.75) is 62.9 Å². The maximum absolute atomic E-state index is 15.4. The van der Waals surface area contributed by atoms with Crippen LogP contribution >= 0.6 is 11.3 Å². The first-order valence-corrected chi connectivity index (χ1v) is 17.9. The highest BCUT2D eigenvalue weighted by Crippen LogP contribution is 2.68. The molecule has 0 saturated heterocycles. The number of halogens is 7. The van der Waals surface area contributed by atoms with E-state index in [0.717, 1.165) is 12.1 Å². The van der Waals surface area contributed by atoms with Crippen molar-refractivity contribution in [2.24, 2.45) is 13.0 Å². The van der Waals surface area contributed by atoms with Crippen LogP contribution in [0.4, 0.5) is 41.7 Å². The lowest BCUT2D eigenvalue weighted by molar-refractivity contribution is -0.142. The molecule has 2 aliphatic rings. The number of nitrogens with one attached hydrogen (secondary N) is 2. The molecule has 3 atom stereocenters. The number of anilines is 2. The molecule has 0 unspecified atom stereocenters. The predicted molar refractivity (Wildman–Crippen MR) is 189 cm³/mol. The van der Waals surface area contributed by atoms with Crippen LogP contribution in [0.1, 0.15) is 60.4 Å². The van der Waals surface area contributed by atoms with Crippen molar-refractivity contribution >= 4 is 49.4 Å². The van der Waals surface area contributed by atoms with Crippen LogP contribution in [-0.4, -0.2) is 52.7 Å². The van der Waals surface area contributed by atoms with Gasteiger partial charge < -0.3 is 21.5 Å². The summed E-state index contributed by atoms with van der Waals surface area (Å²) in [5.74, 6) is -8.57. The number of thiazole rings is 1. The van der Waals surface area contributed by atoms with Crippen LogP contribution < -0.4 is 16.4 Å². The Morgan fingerprint density at radius 2 is 1.82 bits per heavy atom. The summed E-state index contributed by atoms with van der Waals surface area (Å²) in [5, 5.41) is 24.8. The molecule has 4 heterocycles. The Morgan fingerprint density at radius 1 is 1.09 bits per heavy atom. The van der Waals surface area contributed by atoms with Gasteiger partial charge in [-0.05, 0) is 62.4 Å². The van der Waals surface area contributed by atoms with Crippen LogP contribution in [0.2, 0.25) is 0 Å². The van der Waals surface area contributed by atoms with Gasteiger partial charge in [0.05, 0.1) is 27.6 Å². The summed E-state index contributed by atoms with van der Waals surface area (Å²) in [6, 6.07) is 8.48. The van der Waals surface area contributed by atoms with Crippen molar-refractivity contribution in [3.8, 4) is 11.1 Å². The highest BCUT2D eigenvalue weighted by atomic mass is 32.1. The van der Waals surface area contributed by atoms with Gasteiger partial charge in [0.2, 0.25) is 5.91 Å². The molecule has 2 aliphatic carbocycles. The molecule has 0 radical (unpaired) electrons. The molecule has 0 spiro atoms. The van der Waals surface area contributed by atoms with E-state index in [1.54, 1.807) is 49.8 Å². The van der Waals surface area contributed by atoms with Gasteiger partial charge in [0.25, 0.3) is 5.92 Å². The number of alkyl halides is 5. The fraction of sp³-hybridized carbons (Fsp3) is 0.361. The number of aryl methyl sites for hydroxylation is 1. The summed E-state index contributed by atoms with van der Waals surface area (Å²) in [4.78, 5) is 23.3. The van der Waals surface area contributed by atoms with Crippen molar-refractivity contribution in [3.63, 3.8) is 0 Å². The van der Waals surface area contributed by atoms with E-state index < -0.39 is 76.6 Å². The molecule has 288 valence electrons. The number of para-hydroxylation sites is 1. The number of nitrogens with two attached hydrogens (primary N) is 1. The zero-order valence-electron chi connectivity index (χ0n) is 29.3. The number of hydrogen-bond acceptors (Lipinski definition) is 9. The molecular formula is C36H32F7N9O2S. The number of hydrogen-bond donors (Lipinski definition) is 4. The smallest absolute Gasteiger partial charge is 0.389 e. The van der Waals surface area contributed by atoms with Gasteiger partial charge in [-0.3, -0.25) is 14.2 Å². The molecule has 1 fully saturated rings. The molecule has 2 aromatic carbocycles. The number of aliphatic hydroxyl groups is 1. The molecule has 1 saturated carbocycles. The number of nitrogens with zero attached hydrogens (tertiary/aromatic N) is 6. The van der Waals surface area contributed by atoms with Crippen LogP contribution in [0, 0.1) is 17.6 Å². The maximum atomic E-state index is 15.4. The van der Waals surface area contributed by atoms with Crippen LogP contribution in [0.5, 0.6) is 0 Å². The first-order chi connectivity index (χ1) is 25.8. The predicted octanol–water partition coefficient (Wildman–Crippen LogP) is 6.81. The van der Waals surface area contributed by atoms with E-state index in [-0.39, 0.29) is 42.1 Å². The van der Waals surface area contributed by atoms with E-state index in [9.17, 15) is 31.9 Å². The quantitative estimate of drug-likeness (QED) is 0.111. The average molecular weight is 788 g/mol. The average Bonchev–Trinajstić information content (AvgIpc) is 3.37. The van der Waals surface area contributed by atoms with Crippen molar-refractivity contribution in [2.75, 3.05) is 17.6 Å². The van der Waals surface area contributed by atoms with Gasteiger partial charge in [0, 0.05) is 47.7 Å². The summed E-state index contributed by atoms with van der Waals surface area (Å²) in [6.07, 6.45) is -5.46. The largest absolute Gasteiger partial charge is 0.435 e. The lowest BCUT2D eigenvalue weighted by Crippen LogP contribution is -2.35. The fourth-order valence-electron chi connectivity index (χ4n) is 7.46. The molecule has 55 heavy (non-hydrogen) atoms. The van der Waals surface area contributed by atoms with E-state index in [1.165, 1.54) is 11.3 Å². The van der Waals surface area contributed by atoms with Gasteiger partial charge >= 0.3 is 6.18 Å². The third-order valence-electron chi connectivity index (χ3n) is 9.79. The standard InChI is InChI=1S/C36H32F7N9O2S/c1-34(2,54)14-45-33-48-32-24(55-33)12-20(18-5-4-6-19-28(18)51(3)50-31(19)44)27(47-32)23(9-15-7-16(37)10-17(38)8-15)46-25(53)13-52-30-26(29(49-52)36(41,42)43)21-11-22(21)35(30,39)40/h4-8,10,12,21-23,54H,9,11,13-14H2,1-3H3,(H2,44,50)(H,46,53)(H,45,47,48)/t21-,22+,23-/m0/s1. The van der Waals surface area contributed by atoms with Gasteiger partial charge in [-0.2, -0.15) is 32.1 Å². The highest BCUT2D eigenvalue weighted by Gasteiger charge is 2.68. The Labute approximate surface area is 311 Å². The second kappa shape index (κ2) is 12.6. The van der Waals surface area contributed by atoms with Crippen LogP contribution in [0.15, 0.2) is 42.5 Å². The van der Waals surface area contributed by atoms with E-state index in [1.807, 2.05) is 0 Å². The van der Waals surface area contributed by atoms with Crippen LogP contribution in [0.3, 0.4) is 0 Å². The summed E-state index contributed by atoms with van der Waals surface area (Å²) in [7, 11) is 1.67. The van der Waals surface area contributed by atoms with E-state index in [4.69, 9.17) is 10.7 Å². The van der Waals surface area contributed by atoms with E-state index in [0.29, 0.717) is 42.6 Å². The number of carbonyl (C=O) groups excluding carboxylic acids is 1. The maximum Gasteiger partial charge on any atom is 0.435 e.